The molecule has 1 atom stereocenters. The second-order valence-corrected chi connectivity index (χ2v) is 8.86. The summed E-state index contributed by atoms with van der Waals surface area (Å²) in [5, 5.41) is 11.3. The number of hydrogen-bond donors (Lipinski definition) is 1. The Morgan fingerprint density at radius 2 is 1.71 bits per heavy atom. The number of hydrogen-bond acceptors (Lipinski definition) is 5. The molecule has 1 fully saturated rings. The Morgan fingerprint density at radius 1 is 1.03 bits per heavy atom. The van der Waals surface area contributed by atoms with Crippen molar-refractivity contribution < 1.29 is 23.9 Å². The molecule has 178 valence electrons. The molecular weight excluding hydrogens is 437 g/mol. The van der Waals surface area contributed by atoms with Gasteiger partial charge in [0.05, 0.1) is 11.3 Å². The third kappa shape index (κ3) is 3.49. The van der Waals surface area contributed by atoms with Crippen molar-refractivity contribution in [3.8, 4) is 0 Å². The van der Waals surface area contributed by atoms with Crippen LogP contribution in [-0.2, 0) is 19.9 Å². The van der Waals surface area contributed by atoms with Gasteiger partial charge in [0.15, 0.2) is 5.54 Å². The molecule has 0 aliphatic carbocycles. The molecular formula is C26H28FN3O4. The third-order valence-electron chi connectivity index (χ3n) is 6.36. The Bertz CT molecular complexity index is 1170. The number of carbonyl (C=O) groups is 3. The second-order valence-electron chi connectivity index (χ2n) is 8.86. The summed E-state index contributed by atoms with van der Waals surface area (Å²) < 4.78 is 13.5. The van der Waals surface area contributed by atoms with Crippen LogP contribution in [0.5, 0.6) is 0 Å². The molecule has 0 aromatic heterocycles. The van der Waals surface area contributed by atoms with Crippen molar-refractivity contribution in [2.24, 2.45) is 0 Å². The first-order valence-electron chi connectivity index (χ1n) is 11.4. The highest BCUT2D eigenvalue weighted by molar-refractivity contribution is 6.50. The van der Waals surface area contributed by atoms with Gasteiger partial charge in [-0.1, -0.05) is 25.1 Å². The Labute approximate surface area is 198 Å². The van der Waals surface area contributed by atoms with Crippen LogP contribution in [0.1, 0.15) is 30.9 Å². The van der Waals surface area contributed by atoms with Crippen molar-refractivity contribution in [1.29, 1.82) is 0 Å². The summed E-state index contributed by atoms with van der Waals surface area (Å²) in [5.41, 5.74) is -0.790. The number of carbonyl (C=O) groups excluding carboxylic acids is 3. The molecule has 1 saturated heterocycles. The van der Waals surface area contributed by atoms with Crippen LogP contribution < -0.4 is 4.90 Å². The fourth-order valence-electron chi connectivity index (χ4n) is 4.91. The molecule has 0 saturated carbocycles. The average Bonchev–Trinajstić information content (AvgIpc) is 3.18. The zero-order valence-electron chi connectivity index (χ0n) is 19.5. The quantitative estimate of drug-likeness (QED) is 0.386. The second kappa shape index (κ2) is 9.02. The fourth-order valence-corrected chi connectivity index (χ4v) is 4.91. The summed E-state index contributed by atoms with van der Waals surface area (Å²) in [6.45, 7) is 3.14. The van der Waals surface area contributed by atoms with Gasteiger partial charge in [-0.2, -0.15) is 0 Å². The van der Waals surface area contributed by atoms with Crippen LogP contribution in [0.2, 0.25) is 0 Å². The average molecular weight is 466 g/mol. The van der Waals surface area contributed by atoms with Crippen LogP contribution >= 0.6 is 0 Å². The number of Topliss-reactive ketones (excluding diaryl/α,β-unsaturated/α-hetero) is 1. The molecule has 2 heterocycles. The number of fused-ring (bicyclic) bond motifs is 2. The van der Waals surface area contributed by atoms with Crippen LogP contribution in [0.15, 0.2) is 54.1 Å². The Morgan fingerprint density at radius 3 is 2.35 bits per heavy atom. The molecule has 0 unspecified atom stereocenters. The summed E-state index contributed by atoms with van der Waals surface area (Å²) in [5.74, 6) is -3.19. The van der Waals surface area contributed by atoms with Crippen molar-refractivity contribution in [2.75, 3.05) is 38.6 Å². The van der Waals surface area contributed by atoms with Crippen LogP contribution in [0.25, 0.3) is 5.76 Å². The smallest absolute Gasteiger partial charge is 0.296 e. The number of halogens is 1. The van der Waals surface area contributed by atoms with Gasteiger partial charge in [0, 0.05) is 24.2 Å². The maximum atomic E-state index is 14.1. The van der Waals surface area contributed by atoms with E-state index in [1.54, 1.807) is 29.2 Å². The predicted molar refractivity (Wildman–Crippen MR) is 127 cm³/mol. The predicted octanol–water partition coefficient (Wildman–Crippen LogP) is 3.11. The minimum atomic E-state index is -1.77. The number of nitrogens with zero attached hydrogens (tertiary/aromatic N) is 3. The molecule has 7 nitrogen and oxygen atoms in total. The molecule has 4 rings (SSSR count). The lowest BCUT2D eigenvalue weighted by molar-refractivity contribution is -0.143. The van der Waals surface area contributed by atoms with E-state index in [9.17, 15) is 23.9 Å². The molecule has 2 aliphatic rings. The number of amides is 2. The van der Waals surface area contributed by atoms with Crippen LogP contribution in [-0.4, -0.2) is 66.2 Å². The molecule has 2 aromatic carbocycles. The Kier molecular flexibility index (Phi) is 6.27. The van der Waals surface area contributed by atoms with Gasteiger partial charge in [0.2, 0.25) is 0 Å². The summed E-state index contributed by atoms with van der Waals surface area (Å²) in [7, 11) is 3.80. The van der Waals surface area contributed by atoms with Crippen molar-refractivity contribution in [2.45, 2.75) is 25.3 Å². The van der Waals surface area contributed by atoms with E-state index >= 15 is 0 Å². The summed E-state index contributed by atoms with van der Waals surface area (Å²) >= 11 is 0. The highest BCUT2D eigenvalue weighted by Gasteiger charge is 2.66. The first-order valence-corrected chi connectivity index (χ1v) is 11.4. The fraction of sp³-hybridized carbons (Fsp3) is 0.346. The largest absolute Gasteiger partial charge is 0.507 e. The molecule has 8 heteroatoms. The Balaban J connectivity index is 1.99. The summed E-state index contributed by atoms with van der Waals surface area (Å²) in [6, 6.07) is 12.0. The third-order valence-corrected chi connectivity index (χ3v) is 6.36. The lowest BCUT2D eigenvalue weighted by Gasteiger charge is -2.34. The molecule has 0 radical (unpaired) electrons. The van der Waals surface area contributed by atoms with Crippen molar-refractivity contribution in [1.82, 2.24) is 9.80 Å². The van der Waals surface area contributed by atoms with Gasteiger partial charge in [-0.15, -0.1) is 0 Å². The molecule has 34 heavy (non-hydrogen) atoms. The zero-order chi connectivity index (χ0) is 24.6. The van der Waals surface area contributed by atoms with Gasteiger partial charge < -0.3 is 19.8 Å². The van der Waals surface area contributed by atoms with Gasteiger partial charge in [-0.3, -0.25) is 14.4 Å². The number of para-hydroxylation sites is 1. The van der Waals surface area contributed by atoms with E-state index in [-0.39, 0.29) is 17.7 Å². The topological polar surface area (TPSA) is 81.2 Å². The minimum absolute atomic E-state index is 0.156. The van der Waals surface area contributed by atoms with Crippen molar-refractivity contribution in [3.05, 3.63) is 71.0 Å². The molecule has 1 spiro atoms. The van der Waals surface area contributed by atoms with Crippen LogP contribution in [0.3, 0.4) is 0 Å². The van der Waals surface area contributed by atoms with Crippen LogP contribution in [0.4, 0.5) is 10.1 Å². The van der Waals surface area contributed by atoms with Gasteiger partial charge in [0.1, 0.15) is 11.6 Å². The van der Waals surface area contributed by atoms with Gasteiger partial charge in [0.25, 0.3) is 17.6 Å². The monoisotopic (exact) mass is 465 g/mol. The summed E-state index contributed by atoms with van der Waals surface area (Å²) in [4.78, 5) is 45.7. The molecule has 2 aliphatic heterocycles. The summed E-state index contributed by atoms with van der Waals surface area (Å²) in [6.07, 6.45) is 1.20. The number of ketones is 1. The lowest BCUT2D eigenvalue weighted by atomic mass is 9.82. The SMILES string of the molecule is CCCN1C(=O)[C@]2(C(=C(O)c3ccc(F)cc3)C(=O)C(=O)N2CCCN(C)C)c2ccccc21. The van der Waals surface area contributed by atoms with E-state index in [0.717, 1.165) is 12.1 Å². The molecule has 2 aromatic rings. The zero-order valence-corrected chi connectivity index (χ0v) is 19.5. The number of rotatable bonds is 7. The maximum Gasteiger partial charge on any atom is 0.296 e. The highest BCUT2D eigenvalue weighted by atomic mass is 19.1. The van der Waals surface area contributed by atoms with E-state index in [2.05, 4.69) is 0 Å². The normalized spacial score (nSPS) is 21.3. The standard InChI is InChI=1S/C26H28FN3O4/c1-4-14-29-20-9-6-5-8-19(20)26(25(29)34)21(22(31)17-10-12-18(27)13-11-17)23(32)24(33)30(26)16-7-15-28(2)3/h5-6,8-13,31H,4,7,14-16H2,1-3H3/t26-/m1/s1. The Hall–Kier alpha value is -3.52. The van der Waals surface area contributed by atoms with Gasteiger partial charge >= 0.3 is 0 Å². The molecule has 1 N–H and O–H groups in total. The first kappa shape index (κ1) is 23.6. The van der Waals surface area contributed by atoms with Gasteiger partial charge in [-0.05, 0) is 63.8 Å². The highest BCUT2D eigenvalue weighted by Crippen LogP contribution is 2.53. The van der Waals surface area contributed by atoms with Gasteiger partial charge in [-0.25, -0.2) is 4.39 Å². The maximum absolute atomic E-state index is 14.1. The molecule has 2 amide bonds. The number of anilines is 1. The number of aliphatic hydroxyl groups is 1. The van der Waals surface area contributed by atoms with E-state index in [4.69, 9.17) is 0 Å². The van der Waals surface area contributed by atoms with Crippen molar-refractivity contribution >= 4 is 29.0 Å². The van der Waals surface area contributed by atoms with E-state index in [1.165, 1.54) is 17.0 Å². The number of aliphatic hydroxyl groups excluding tert-OH is 1. The lowest BCUT2D eigenvalue weighted by Crippen LogP contribution is -2.52. The number of likely N-dealkylation sites (tertiary alicyclic amines) is 1. The van der Waals surface area contributed by atoms with Crippen molar-refractivity contribution in [3.63, 3.8) is 0 Å². The molecule has 0 bridgehead atoms. The number of benzene rings is 2. The van der Waals surface area contributed by atoms with E-state index in [1.807, 2.05) is 25.9 Å². The first-order chi connectivity index (χ1) is 16.2. The van der Waals surface area contributed by atoms with Crippen LogP contribution in [0, 0.1) is 5.82 Å². The van der Waals surface area contributed by atoms with E-state index in [0.29, 0.717) is 37.2 Å². The minimum Gasteiger partial charge on any atom is -0.507 e. The van der Waals surface area contributed by atoms with E-state index < -0.39 is 34.7 Å².